The second-order valence-corrected chi connectivity index (χ2v) is 9.71. The molecule has 1 saturated heterocycles. The number of carbonyl (C=O) groups excluding carboxylic acids is 2. The van der Waals surface area contributed by atoms with E-state index in [1.165, 1.54) is 18.0 Å². The van der Waals surface area contributed by atoms with E-state index in [2.05, 4.69) is 17.2 Å². The molecular weight excluding hydrogens is 464 g/mol. The molecule has 3 aromatic rings. The molecule has 0 radical (unpaired) electrons. The second kappa shape index (κ2) is 9.52. The van der Waals surface area contributed by atoms with Crippen molar-refractivity contribution in [3.05, 3.63) is 50.3 Å². The first-order chi connectivity index (χ1) is 15.8. The molecular formula is C23H25ClN4O4S. The topological polar surface area (TPSA) is 93.5 Å². The molecule has 1 aliphatic heterocycles. The van der Waals surface area contributed by atoms with Crippen LogP contribution in [0.5, 0.6) is 5.75 Å². The van der Waals surface area contributed by atoms with Crippen molar-refractivity contribution in [3.63, 3.8) is 0 Å². The predicted octanol–water partition coefficient (Wildman–Crippen LogP) is 3.94. The van der Waals surface area contributed by atoms with Crippen LogP contribution in [-0.4, -0.2) is 46.5 Å². The number of thiophene rings is 1. The lowest BCUT2D eigenvalue weighted by molar-refractivity contribution is -0.133. The fraction of sp³-hybridized carbons (Fsp3) is 0.391. The number of aryl methyl sites for hydroxylation is 1. The number of hydrogen-bond donors (Lipinski definition) is 1. The number of anilines is 1. The zero-order valence-electron chi connectivity index (χ0n) is 18.7. The highest BCUT2D eigenvalue weighted by Crippen LogP contribution is 2.31. The molecule has 1 fully saturated rings. The van der Waals surface area contributed by atoms with E-state index < -0.39 is 0 Å². The molecule has 2 amide bonds. The van der Waals surface area contributed by atoms with Crippen molar-refractivity contribution in [1.82, 2.24) is 14.5 Å². The molecule has 0 aliphatic carbocycles. The Morgan fingerprint density at radius 1 is 1.30 bits per heavy atom. The van der Waals surface area contributed by atoms with Crippen molar-refractivity contribution in [1.29, 1.82) is 0 Å². The number of aromatic nitrogens is 2. The molecule has 10 heteroatoms. The molecule has 1 aromatic carbocycles. The first-order valence-corrected chi connectivity index (χ1v) is 11.9. The van der Waals surface area contributed by atoms with Gasteiger partial charge in [-0.1, -0.05) is 18.5 Å². The summed E-state index contributed by atoms with van der Waals surface area (Å²) in [5.41, 5.74) is 0.630. The highest BCUT2D eigenvalue weighted by molar-refractivity contribution is 7.20. The first-order valence-electron chi connectivity index (χ1n) is 10.7. The van der Waals surface area contributed by atoms with Crippen LogP contribution in [0.2, 0.25) is 5.02 Å². The summed E-state index contributed by atoms with van der Waals surface area (Å²) in [7, 11) is 1.50. The van der Waals surface area contributed by atoms with Gasteiger partial charge in [-0.2, -0.15) is 0 Å². The van der Waals surface area contributed by atoms with Crippen molar-refractivity contribution in [2.45, 2.75) is 33.2 Å². The highest BCUT2D eigenvalue weighted by Gasteiger charge is 2.23. The van der Waals surface area contributed by atoms with E-state index in [9.17, 15) is 14.4 Å². The van der Waals surface area contributed by atoms with Gasteiger partial charge in [0, 0.05) is 18.1 Å². The molecule has 1 aliphatic rings. The molecule has 8 nitrogen and oxygen atoms in total. The molecule has 0 bridgehead atoms. The van der Waals surface area contributed by atoms with Crippen LogP contribution >= 0.6 is 22.9 Å². The van der Waals surface area contributed by atoms with Crippen LogP contribution in [0.25, 0.3) is 10.2 Å². The van der Waals surface area contributed by atoms with E-state index >= 15 is 0 Å². The number of methoxy groups -OCH3 is 1. The minimum absolute atomic E-state index is 0.0628. The van der Waals surface area contributed by atoms with Gasteiger partial charge < -0.3 is 15.0 Å². The van der Waals surface area contributed by atoms with Crippen molar-refractivity contribution >= 4 is 50.7 Å². The van der Waals surface area contributed by atoms with Gasteiger partial charge in [-0.25, -0.2) is 4.98 Å². The molecule has 0 unspecified atom stereocenters. The maximum Gasteiger partial charge on any atom is 0.266 e. The van der Waals surface area contributed by atoms with Gasteiger partial charge in [-0.05, 0) is 49.4 Å². The Hall–Kier alpha value is -2.91. The number of nitrogens with zero attached hydrogens (tertiary/aromatic N) is 3. The fourth-order valence-electron chi connectivity index (χ4n) is 3.95. The average Bonchev–Trinajstić information content (AvgIpc) is 3.13. The monoisotopic (exact) mass is 488 g/mol. The molecule has 3 heterocycles. The van der Waals surface area contributed by atoms with Gasteiger partial charge in [0.15, 0.2) is 0 Å². The van der Waals surface area contributed by atoms with Gasteiger partial charge in [0.05, 0.1) is 29.4 Å². The summed E-state index contributed by atoms with van der Waals surface area (Å²) in [5, 5.41) is 3.61. The average molecular weight is 489 g/mol. The van der Waals surface area contributed by atoms with Gasteiger partial charge in [0.25, 0.3) is 11.5 Å². The number of carbonyl (C=O) groups is 2. The summed E-state index contributed by atoms with van der Waals surface area (Å²) in [6, 6.07) is 4.92. The largest absolute Gasteiger partial charge is 0.495 e. The number of hydrogen-bond acceptors (Lipinski definition) is 6. The van der Waals surface area contributed by atoms with Crippen LogP contribution in [0.1, 0.15) is 35.0 Å². The Kier molecular flexibility index (Phi) is 6.71. The normalized spacial score (nSPS) is 14.5. The Morgan fingerprint density at radius 3 is 2.73 bits per heavy atom. The summed E-state index contributed by atoms with van der Waals surface area (Å²) in [6.45, 7) is 5.25. The van der Waals surface area contributed by atoms with Gasteiger partial charge in [0.2, 0.25) is 5.91 Å². The van der Waals surface area contributed by atoms with Gasteiger partial charge in [-0.3, -0.25) is 19.0 Å². The highest BCUT2D eigenvalue weighted by atomic mass is 35.5. The van der Waals surface area contributed by atoms with Crippen molar-refractivity contribution in [2.24, 2.45) is 5.92 Å². The maximum atomic E-state index is 13.1. The van der Waals surface area contributed by atoms with Crippen LogP contribution in [0.4, 0.5) is 5.69 Å². The van der Waals surface area contributed by atoms with Crippen LogP contribution < -0.4 is 15.6 Å². The number of amides is 2. The summed E-state index contributed by atoms with van der Waals surface area (Å²) in [4.78, 5) is 45.8. The SMILES string of the molecule is COc1ccc(Cl)cc1NC(=O)c1sc2ncn(CC(=O)N3CCC(C)CC3)c(=O)c2c1C. The lowest BCUT2D eigenvalue weighted by atomic mass is 9.99. The van der Waals surface area contributed by atoms with Gasteiger partial charge >= 0.3 is 0 Å². The minimum atomic E-state index is -0.388. The molecule has 1 N–H and O–H groups in total. The molecule has 0 spiro atoms. The lowest BCUT2D eigenvalue weighted by Crippen LogP contribution is -2.41. The third kappa shape index (κ3) is 4.74. The van der Waals surface area contributed by atoms with Crippen molar-refractivity contribution < 1.29 is 14.3 Å². The Bertz CT molecular complexity index is 1280. The van der Waals surface area contributed by atoms with E-state index in [0.717, 1.165) is 24.2 Å². The Morgan fingerprint density at radius 2 is 2.03 bits per heavy atom. The standard InChI is InChI=1S/C23H25ClN4O4S/c1-13-6-8-27(9-7-13)18(29)11-28-12-25-22-19(23(28)31)14(2)20(33-22)21(30)26-16-10-15(24)4-5-17(16)32-3/h4-5,10,12-13H,6-9,11H2,1-3H3,(H,26,30). The molecule has 0 atom stereocenters. The fourth-order valence-corrected chi connectivity index (χ4v) is 5.16. The number of fused-ring (bicyclic) bond motifs is 1. The number of halogens is 1. The molecule has 4 rings (SSSR count). The Balaban J connectivity index is 1.59. The molecule has 0 saturated carbocycles. The zero-order chi connectivity index (χ0) is 23.7. The van der Waals surface area contributed by atoms with E-state index in [4.69, 9.17) is 16.3 Å². The van der Waals surface area contributed by atoms with E-state index in [1.54, 1.807) is 30.0 Å². The summed E-state index contributed by atoms with van der Waals surface area (Å²) >= 11 is 7.19. The van der Waals surface area contributed by atoms with Crippen LogP contribution in [0.3, 0.4) is 0 Å². The van der Waals surface area contributed by atoms with Crippen LogP contribution in [0, 0.1) is 12.8 Å². The first kappa shape index (κ1) is 23.3. The number of piperidine rings is 1. The quantitative estimate of drug-likeness (QED) is 0.587. The molecule has 2 aromatic heterocycles. The summed E-state index contributed by atoms with van der Waals surface area (Å²) < 4.78 is 6.61. The van der Waals surface area contributed by atoms with Gasteiger partial charge in [-0.15, -0.1) is 11.3 Å². The smallest absolute Gasteiger partial charge is 0.266 e. The number of ether oxygens (including phenoxy) is 1. The third-order valence-electron chi connectivity index (χ3n) is 5.98. The summed E-state index contributed by atoms with van der Waals surface area (Å²) in [5.74, 6) is 0.599. The molecule has 174 valence electrons. The zero-order valence-corrected chi connectivity index (χ0v) is 20.3. The van der Waals surface area contributed by atoms with Crippen LogP contribution in [0.15, 0.2) is 29.3 Å². The summed E-state index contributed by atoms with van der Waals surface area (Å²) in [6.07, 6.45) is 3.32. The van der Waals surface area contributed by atoms with Gasteiger partial charge in [0.1, 0.15) is 17.1 Å². The van der Waals surface area contributed by atoms with Crippen molar-refractivity contribution in [2.75, 3.05) is 25.5 Å². The van der Waals surface area contributed by atoms with Crippen LogP contribution in [-0.2, 0) is 11.3 Å². The van der Waals surface area contributed by atoms with E-state index in [0.29, 0.717) is 56.1 Å². The molecule has 33 heavy (non-hydrogen) atoms. The van der Waals surface area contributed by atoms with Crippen molar-refractivity contribution in [3.8, 4) is 5.75 Å². The number of likely N-dealkylation sites (tertiary alicyclic amines) is 1. The van der Waals surface area contributed by atoms with E-state index in [-0.39, 0.29) is 23.9 Å². The third-order valence-corrected chi connectivity index (χ3v) is 7.41. The second-order valence-electron chi connectivity index (χ2n) is 8.28. The minimum Gasteiger partial charge on any atom is -0.495 e. The number of rotatable bonds is 5. The Labute approximate surface area is 200 Å². The number of nitrogens with one attached hydrogen (secondary N) is 1. The van der Waals surface area contributed by atoms with E-state index in [1.807, 2.05) is 0 Å². The maximum absolute atomic E-state index is 13.1. The number of benzene rings is 1. The lowest BCUT2D eigenvalue weighted by Gasteiger charge is -2.30. The predicted molar refractivity (Wildman–Crippen MR) is 130 cm³/mol.